The van der Waals surface area contributed by atoms with Crippen LogP contribution in [-0.4, -0.2) is 36.4 Å². The Morgan fingerprint density at radius 2 is 1.89 bits per heavy atom. The zero-order chi connectivity index (χ0) is 20.3. The van der Waals surface area contributed by atoms with E-state index in [-0.39, 0.29) is 6.54 Å². The minimum Gasteiger partial charge on any atom is -0.495 e. The number of nitrogens with zero attached hydrogens (tertiary/aromatic N) is 1. The van der Waals surface area contributed by atoms with Gasteiger partial charge in [0.1, 0.15) is 17.8 Å². The van der Waals surface area contributed by atoms with Crippen molar-refractivity contribution in [2.24, 2.45) is 0 Å². The van der Waals surface area contributed by atoms with Crippen molar-refractivity contribution < 1.29 is 19.1 Å². The summed E-state index contributed by atoms with van der Waals surface area (Å²) in [6, 6.07) is 13.8. The Morgan fingerprint density at radius 3 is 2.54 bits per heavy atom. The first-order valence-electron chi connectivity index (χ1n) is 9.05. The molecule has 7 nitrogen and oxygen atoms in total. The van der Waals surface area contributed by atoms with Crippen molar-refractivity contribution in [3.05, 3.63) is 59.7 Å². The van der Waals surface area contributed by atoms with E-state index >= 15 is 0 Å². The molecule has 0 saturated carbocycles. The molecule has 1 aliphatic heterocycles. The summed E-state index contributed by atoms with van der Waals surface area (Å²) in [6.45, 7) is 3.34. The van der Waals surface area contributed by atoms with Gasteiger partial charge in [0.15, 0.2) is 0 Å². The Bertz CT molecular complexity index is 913. The van der Waals surface area contributed by atoms with E-state index in [0.29, 0.717) is 23.4 Å². The molecule has 2 N–H and O–H groups in total. The summed E-state index contributed by atoms with van der Waals surface area (Å²) in [6.07, 6.45) is 0.380. The van der Waals surface area contributed by atoms with Crippen LogP contribution in [0.2, 0.25) is 0 Å². The summed E-state index contributed by atoms with van der Waals surface area (Å²) in [5, 5.41) is 5.48. The Kier molecular flexibility index (Phi) is 5.35. The van der Waals surface area contributed by atoms with E-state index in [4.69, 9.17) is 4.74 Å². The van der Waals surface area contributed by atoms with Crippen LogP contribution in [0.1, 0.15) is 24.5 Å². The van der Waals surface area contributed by atoms with E-state index in [1.165, 1.54) is 7.11 Å². The van der Waals surface area contributed by atoms with E-state index < -0.39 is 23.4 Å². The number of hydrogen-bond acceptors (Lipinski definition) is 4. The Hall–Kier alpha value is -3.35. The van der Waals surface area contributed by atoms with Crippen LogP contribution in [-0.2, 0) is 15.1 Å². The molecule has 1 aliphatic rings. The molecule has 2 aromatic rings. The molecule has 1 fully saturated rings. The van der Waals surface area contributed by atoms with Gasteiger partial charge >= 0.3 is 6.03 Å². The van der Waals surface area contributed by atoms with Gasteiger partial charge in [0.05, 0.1) is 12.8 Å². The molecule has 28 heavy (non-hydrogen) atoms. The van der Waals surface area contributed by atoms with Crippen LogP contribution in [0.5, 0.6) is 5.75 Å². The number of aryl methyl sites for hydroxylation is 1. The van der Waals surface area contributed by atoms with Crippen molar-refractivity contribution in [1.29, 1.82) is 0 Å². The molecular formula is C21H23N3O4. The smallest absolute Gasteiger partial charge is 0.325 e. The number of urea groups is 1. The van der Waals surface area contributed by atoms with Gasteiger partial charge in [0.2, 0.25) is 5.91 Å². The third-order valence-electron chi connectivity index (χ3n) is 4.90. The fourth-order valence-electron chi connectivity index (χ4n) is 3.38. The molecule has 0 spiro atoms. The van der Waals surface area contributed by atoms with Crippen molar-refractivity contribution in [2.45, 2.75) is 25.8 Å². The standard InChI is InChI=1S/C21H23N3O4/c1-4-21(15-8-6-5-7-9-15)19(26)24(20(27)23-21)13-18(25)22-16-12-14(2)10-11-17(16)28-3/h5-12H,4,13H2,1-3H3,(H,22,25)(H,23,27)/t21-/m1/s1. The SMILES string of the molecule is CC[C@]1(c2ccccc2)NC(=O)N(CC(=O)Nc2cc(C)ccc2OC)C1=O. The number of imide groups is 1. The van der Waals surface area contributed by atoms with Crippen LogP contribution in [0.4, 0.5) is 10.5 Å². The highest BCUT2D eigenvalue weighted by Gasteiger charge is 2.51. The van der Waals surface area contributed by atoms with Crippen molar-refractivity contribution in [1.82, 2.24) is 10.2 Å². The highest BCUT2D eigenvalue weighted by atomic mass is 16.5. The number of ether oxygens (including phenoxy) is 1. The van der Waals surface area contributed by atoms with Gasteiger partial charge in [-0.15, -0.1) is 0 Å². The molecule has 3 rings (SSSR count). The summed E-state index contributed by atoms with van der Waals surface area (Å²) >= 11 is 0. The van der Waals surface area contributed by atoms with Crippen LogP contribution in [0, 0.1) is 6.92 Å². The van der Waals surface area contributed by atoms with Crippen LogP contribution in [0.25, 0.3) is 0 Å². The average molecular weight is 381 g/mol. The van der Waals surface area contributed by atoms with Gasteiger partial charge in [-0.1, -0.05) is 43.3 Å². The third kappa shape index (κ3) is 3.43. The predicted octanol–water partition coefficient (Wildman–Crippen LogP) is 2.80. The molecule has 4 amide bonds. The van der Waals surface area contributed by atoms with E-state index in [2.05, 4.69) is 10.6 Å². The largest absolute Gasteiger partial charge is 0.495 e. The van der Waals surface area contributed by atoms with Crippen molar-refractivity contribution in [3.8, 4) is 5.75 Å². The number of anilines is 1. The minimum atomic E-state index is -1.15. The lowest BCUT2D eigenvalue weighted by Crippen LogP contribution is -2.44. The summed E-state index contributed by atoms with van der Waals surface area (Å²) in [5.74, 6) is -0.409. The summed E-state index contributed by atoms with van der Waals surface area (Å²) in [5.41, 5.74) is 0.975. The van der Waals surface area contributed by atoms with E-state index in [9.17, 15) is 14.4 Å². The van der Waals surface area contributed by atoms with Crippen LogP contribution >= 0.6 is 0 Å². The quantitative estimate of drug-likeness (QED) is 0.753. The van der Waals surface area contributed by atoms with E-state index in [0.717, 1.165) is 10.5 Å². The minimum absolute atomic E-state index is 0.379. The second-order valence-corrected chi connectivity index (χ2v) is 6.70. The average Bonchev–Trinajstić information content (AvgIpc) is 2.94. The molecule has 0 radical (unpaired) electrons. The predicted molar refractivity (Wildman–Crippen MR) is 105 cm³/mol. The third-order valence-corrected chi connectivity index (χ3v) is 4.90. The summed E-state index contributed by atoms with van der Waals surface area (Å²) < 4.78 is 5.25. The normalized spacial score (nSPS) is 18.8. The maximum atomic E-state index is 13.1. The van der Waals surface area contributed by atoms with E-state index in [1.807, 2.05) is 38.1 Å². The van der Waals surface area contributed by atoms with Crippen molar-refractivity contribution in [2.75, 3.05) is 19.0 Å². The molecule has 0 unspecified atom stereocenters. The molecule has 1 atom stereocenters. The fraction of sp³-hybridized carbons (Fsp3) is 0.286. The lowest BCUT2D eigenvalue weighted by atomic mass is 9.87. The van der Waals surface area contributed by atoms with Gasteiger partial charge in [-0.2, -0.15) is 0 Å². The second-order valence-electron chi connectivity index (χ2n) is 6.70. The first-order chi connectivity index (χ1) is 13.4. The monoisotopic (exact) mass is 381 g/mol. The highest BCUT2D eigenvalue weighted by molar-refractivity contribution is 6.10. The molecule has 1 saturated heterocycles. The fourth-order valence-corrected chi connectivity index (χ4v) is 3.38. The summed E-state index contributed by atoms with van der Waals surface area (Å²) in [4.78, 5) is 39.0. The highest BCUT2D eigenvalue weighted by Crippen LogP contribution is 2.32. The molecule has 7 heteroatoms. The topological polar surface area (TPSA) is 87.7 Å². The van der Waals surface area contributed by atoms with Crippen LogP contribution in [0.15, 0.2) is 48.5 Å². The first kappa shape index (κ1) is 19.4. The Labute approximate surface area is 163 Å². The number of carbonyl (C=O) groups excluding carboxylic acids is 3. The van der Waals surface area contributed by atoms with Gasteiger partial charge < -0.3 is 15.4 Å². The maximum absolute atomic E-state index is 13.1. The van der Waals surface area contributed by atoms with Gasteiger partial charge in [-0.25, -0.2) is 4.79 Å². The van der Waals surface area contributed by atoms with Gasteiger partial charge in [0.25, 0.3) is 5.91 Å². The number of hydrogen-bond donors (Lipinski definition) is 2. The van der Waals surface area contributed by atoms with Gasteiger partial charge in [-0.3, -0.25) is 14.5 Å². The number of nitrogens with one attached hydrogen (secondary N) is 2. The lowest BCUT2D eigenvalue weighted by molar-refractivity contribution is -0.134. The molecule has 0 bridgehead atoms. The second kappa shape index (κ2) is 7.72. The maximum Gasteiger partial charge on any atom is 0.325 e. The number of amides is 4. The molecule has 0 aromatic heterocycles. The van der Waals surface area contributed by atoms with Crippen LogP contribution < -0.4 is 15.4 Å². The number of rotatable bonds is 6. The number of methoxy groups -OCH3 is 1. The van der Waals surface area contributed by atoms with Crippen molar-refractivity contribution in [3.63, 3.8) is 0 Å². The lowest BCUT2D eigenvalue weighted by Gasteiger charge is -2.25. The van der Waals surface area contributed by atoms with Crippen molar-refractivity contribution >= 4 is 23.5 Å². The molecular weight excluding hydrogens is 358 g/mol. The summed E-state index contributed by atoms with van der Waals surface area (Å²) in [7, 11) is 1.51. The number of benzene rings is 2. The first-order valence-corrected chi connectivity index (χ1v) is 9.05. The molecule has 146 valence electrons. The van der Waals surface area contributed by atoms with Gasteiger partial charge in [0, 0.05) is 0 Å². The number of carbonyl (C=O) groups is 3. The Balaban J connectivity index is 1.79. The zero-order valence-electron chi connectivity index (χ0n) is 16.1. The molecule has 0 aliphatic carbocycles. The zero-order valence-corrected chi connectivity index (χ0v) is 16.1. The molecule has 2 aromatic carbocycles. The molecule has 1 heterocycles. The van der Waals surface area contributed by atoms with Crippen LogP contribution in [0.3, 0.4) is 0 Å². The van der Waals surface area contributed by atoms with E-state index in [1.54, 1.807) is 24.3 Å². The Morgan fingerprint density at radius 1 is 1.18 bits per heavy atom. The van der Waals surface area contributed by atoms with Gasteiger partial charge in [-0.05, 0) is 36.6 Å².